The lowest BCUT2D eigenvalue weighted by molar-refractivity contribution is -0.747. The van der Waals surface area contributed by atoms with Gasteiger partial charge in [-0.05, 0) is 37.3 Å². The molecule has 0 bridgehead atoms. The molecule has 0 fully saturated rings. The Hall–Kier alpha value is -2.10. The van der Waals surface area contributed by atoms with E-state index in [1.54, 1.807) is 25.6 Å². The van der Waals surface area contributed by atoms with E-state index in [-0.39, 0.29) is 0 Å². The maximum Gasteiger partial charge on any atom is 0.673 e. The monoisotopic (exact) mass is 378 g/mol. The standard InChI is InChI=1S/C15H19N2O2S.BF4/c1-5-17-14(20-11(2)16-17)10-9-12-7-6-8-13(18-3)15(12)19-4;2-1(3,4)5/h6-10H,5H2,1-4H3;/q+1;-1. The largest absolute Gasteiger partial charge is 0.673 e. The van der Waals surface area contributed by atoms with Crippen molar-refractivity contribution in [2.45, 2.75) is 20.4 Å². The summed E-state index contributed by atoms with van der Waals surface area (Å²) in [6, 6.07) is 5.84. The number of benzene rings is 1. The number of aromatic nitrogens is 2. The number of ether oxygens (including phenoxy) is 2. The molecule has 0 N–H and O–H groups in total. The molecule has 0 spiro atoms. The van der Waals surface area contributed by atoms with E-state index in [1.165, 1.54) is 0 Å². The van der Waals surface area contributed by atoms with E-state index in [0.717, 1.165) is 33.6 Å². The second-order valence-electron chi connectivity index (χ2n) is 4.69. The van der Waals surface area contributed by atoms with E-state index in [0.29, 0.717) is 0 Å². The lowest BCUT2D eigenvalue weighted by atomic mass is 10.1. The van der Waals surface area contributed by atoms with Crippen LogP contribution >= 0.6 is 11.3 Å². The third-order valence-corrected chi connectivity index (χ3v) is 3.84. The molecule has 0 atom stereocenters. The van der Waals surface area contributed by atoms with Crippen LogP contribution in [0.4, 0.5) is 17.3 Å². The number of aryl methyl sites for hydroxylation is 2. The topological polar surface area (TPSA) is 35.2 Å². The fourth-order valence-electron chi connectivity index (χ4n) is 1.99. The first-order valence-corrected chi connectivity index (χ1v) is 8.15. The van der Waals surface area contributed by atoms with Crippen LogP contribution in [0.3, 0.4) is 0 Å². The first-order valence-electron chi connectivity index (χ1n) is 7.33. The van der Waals surface area contributed by atoms with E-state index < -0.39 is 7.25 Å². The average Bonchev–Trinajstić information content (AvgIpc) is 2.90. The van der Waals surface area contributed by atoms with E-state index >= 15 is 0 Å². The summed E-state index contributed by atoms with van der Waals surface area (Å²) < 4.78 is 51.7. The molecule has 0 unspecified atom stereocenters. The lowest BCUT2D eigenvalue weighted by Crippen LogP contribution is -2.36. The van der Waals surface area contributed by atoms with Crippen LogP contribution in [-0.2, 0) is 6.54 Å². The van der Waals surface area contributed by atoms with E-state index in [2.05, 4.69) is 18.1 Å². The zero-order valence-corrected chi connectivity index (χ0v) is 15.1. The Kier molecular flexibility index (Phi) is 7.88. The van der Waals surface area contributed by atoms with Crippen molar-refractivity contribution in [3.63, 3.8) is 0 Å². The fraction of sp³-hybridized carbons (Fsp3) is 0.333. The molecule has 0 aliphatic rings. The van der Waals surface area contributed by atoms with Crippen molar-refractivity contribution in [1.29, 1.82) is 0 Å². The molecule has 138 valence electrons. The zero-order chi connectivity index (χ0) is 19.0. The van der Waals surface area contributed by atoms with Gasteiger partial charge in [-0.3, -0.25) is 0 Å². The number of methoxy groups -OCH3 is 2. The molecule has 0 radical (unpaired) electrons. The molecule has 10 heteroatoms. The van der Waals surface area contributed by atoms with Gasteiger partial charge < -0.3 is 26.7 Å². The minimum absolute atomic E-state index is 0.735. The molecule has 2 aromatic rings. The van der Waals surface area contributed by atoms with Crippen LogP contribution in [0.15, 0.2) is 18.2 Å². The Morgan fingerprint density at radius 1 is 1.16 bits per heavy atom. The van der Waals surface area contributed by atoms with Crippen LogP contribution in [0.5, 0.6) is 11.5 Å². The minimum Gasteiger partial charge on any atom is -0.493 e. The fourth-order valence-corrected chi connectivity index (χ4v) is 2.85. The molecule has 1 aromatic heterocycles. The molecule has 2 rings (SSSR count). The van der Waals surface area contributed by atoms with Gasteiger partial charge in [0, 0.05) is 16.7 Å². The summed E-state index contributed by atoms with van der Waals surface area (Å²) in [5, 5.41) is 6.63. The van der Waals surface area contributed by atoms with E-state index in [4.69, 9.17) is 9.47 Å². The van der Waals surface area contributed by atoms with Crippen LogP contribution in [0, 0.1) is 6.92 Å². The number of rotatable bonds is 5. The maximum atomic E-state index is 9.75. The van der Waals surface area contributed by atoms with Crippen molar-refractivity contribution in [3.05, 3.63) is 33.8 Å². The molecular weight excluding hydrogens is 359 g/mol. The SMILES string of the molecule is CC[n+]1nc(C)sc1C=Cc1cccc(OC)c1OC.F[B-](F)(F)F. The number of halogens is 4. The molecule has 0 aliphatic carbocycles. The highest BCUT2D eigenvalue weighted by molar-refractivity contribution is 7.11. The smallest absolute Gasteiger partial charge is 0.493 e. The molecule has 0 saturated heterocycles. The summed E-state index contributed by atoms with van der Waals surface area (Å²) in [6.07, 6.45) is 4.09. The molecule has 1 aromatic carbocycles. The molecule has 0 amide bonds. The number of hydrogen-bond donors (Lipinski definition) is 0. The molecule has 1 heterocycles. The molecule has 0 saturated carbocycles. The van der Waals surface area contributed by atoms with Gasteiger partial charge in [0.1, 0.15) is 0 Å². The van der Waals surface area contributed by atoms with Crippen LogP contribution in [0.1, 0.15) is 22.5 Å². The summed E-state index contributed by atoms with van der Waals surface area (Å²) in [7, 11) is -2.71. The van der Waals surface area contributed by atoms with Crippen molar-refractivity contribution in [2.75, 3.05) is 14.2 Å². The highest BCUT2D eigenvalue weighted by Crippen LogP contribution is 2.31. The van der Waals surface area contributed by atoms with Crippen LogP contribution < -0.4 is 14.2 Å². The Bertz CT molecular complexity index is 714. The second-order valence-corrected chi connectivity index (χ2v) is 5.90. The molecule has 25 heavy (non-hydrogen) atoms. The maximum absolute atomic E-state index is 9.75. The predicted octanol–water partition coefficient (Wildman–Crippen LogP) is 4.25. The van der Waals surface area contributed by atoms with Crippen molar-refractivity contribution in [1.82, 2.24) is 5.10 Å². The van der Waals surface area contributed by atoms with Crippen LogP contribution in [-0.4, -0.2) is 26.6 Å². The van der Waals surface area contributed by atoms with Gasteiger partial charge in [0.25, 0.3) is 5.01 Å². The number of nitrogens with zero attached hydrogens (tertiary/aromatic N) is 2. The molecule has 0 aliphatic heterocycles. The van der Waals surface area contributed by atoms with Gasteiger partial charge in [-0.2, -0.15) is 0 Å². The summed E-state index contributed by atoms with van der Waals surface area (Å²) in [4.78, 5) is 0. The first kappa shape index (κ1) is 20.9. The van der Waals surface area contributed by atoms with Gasteiger partial charge in [-0.15, -0.1) is 0 Å². The van der Waals surface area contributed by atoms with Crippen molar-refractivity contribution < 1.29 is 31.4 Å². The van der Waals surface area contributed by atoms with Gasteiger partial charge in [-0.25, -0.2) is 0 Å². The van der Waals surface area contributed by atoms with Crippen LogP contribution in [0.25, 0.3) is 12.2 Å². The Balaban J connectivity index is 0.000000550. The third-order valence-electron chi connectivity index (χ3n) is 2.91. The second kappa shape index (κ2) is 9.40. The summed E-state index contributed by atoms with van der Waals surface area (Å²) >= 11 is 1.67. The predicted molar refractivity (Wildman–Crippen MR) is 91.4 cm³/mol. The zero-order valence-electron chi connectivity index (χ0n) is 14.3. The van der Waals surface area contributed by atoms with Gasteiger partial charge >= 0.3 is 7.25 Å². The Morgan fingerprint density at radius 2 is 1.80 bits per heavy atom. The highest BCUT2D eigenvalue weighted by atomic mass is 32.1. The highest BCUT2D eigenvalue weighted by Gasteiger charge is 2.20. The Labute approximate surface area is 147 Å². The van der Waals surface area contributed by atoms with E-state index in [9.17, 15) is 17.3 Å². The first-order chi connectivity index (χ1) is 11.7. The minimum atomic E-state index is -6.00. The summed E-state index contributed by atoms with van der Waals surface area (Å²) in [5.41, 5.74) is 0.987. The summed E-state index contributed by atoms with van der Waals surface area (Å²) in [5.74, 6) is 1.48. The third kappa shape index (κ3) is 7.12. The Morgan fingerprint density at radius 3 is 2.32 bits per heavy atom. The van der Waals surface area contributed by atoms with E-state index in [1.807, 2.05) is 35.9 Å². The molecular formula is C15H19BF4N2O2S. The number of hydrogen-bond acceptors (Lipinski definition) is 4. The van der Waals surface area contributed by atoms with Crippen LogP contribution in [0.2, 0.25) is 0 Å². The molecule has 4 nitrogen and oxygen atoms in total. The quantitative estimate of drug-likeness (QED) is 0.443. The van der Waals surface area contributed by atoms with Gasteiger partial charge in [0.2, 0.25) is 0 Å². The van der Waals surface area contributed by atoms with Crippen molar-refractivity contribution >= 4 is 30.7 Å². The van der Waals surface area contributed by atoms with Crippen molar-refractivity contribution in [3.8, 4) is 11.5 Å². The van der Waals surface area contributed by atoms with Gasteiger partial charge in [0.05, 0.1) is 14.2 Å². The summed E-state index contributed by atoms with van der Waals surface area (Å²) in [6.45, 7) is 4.96. The number of para-hydroxylation sites is 1. The van der Waals surface area contributed by atoms with Gasteiger partial charge in [0.15, 0.2) is 23.1 Å². The van der Waals surface area contributed by atoms with Crippen molar-refractivity contribution in [2.24, 2.45) is 0 Å². The van der Waals surface area contributed by atoms with Gasteiger partial charge in [-0.1, -0.05) is 16.8 Å². The lowest BCUT2D eigenvalue weighted by Gasteiger charge is -2.09. The normalized spacial score (nSPS) is 11.2. The average molecular weight is 378 g/mol.